The van der Waals surface area contributed by atoms with E-state index in [1.54, 1.807) is 39.8 Å². The third-order valence-electron chi connectivity index (χ3n) is 3.97. The van der Waals surface area contributed by atoms with Gasteiger partial charge in [0.25, 0.3) is 11.8 Å². The van der Waals surface area contributed by atoms with Gasteiger partial charge in [-0.1, -0.05) is 0 Å². The first kappa shape index (κ1) is 23.0. The predicted molar refractivity (Wildman–Crippen MR) is 120 cm³/mol. The number of thiophene rings is 1. The molecular formula is C22H22FN3O5S. The molecule has 2 aromatic heterocycles. The van der Waals surface area contributed by atoms with Gasteiger partial charge < -0.3 is 19.8 Å². The summed E-state index contributed by atoms with van der Waals surface area (Å²) in [7, 11) is 0. The standard InChI is InChI=1S/C22H22FN3O5S/c1-12-10-17(26-19(27)16-6-5-9-30-16)32-18(12)20(28)24-15-11-13(23)7-8-14(15)25-21(29)31-22(2,3)4/h5-11H,1-4H3,(H,24,28)(H,25,29)(H,26,27). The fourth-order valence-corrected chi connectivity index (χ4v) is 3.63. The molecule has 1 aromatic carbocycles. The van der Waals surface area contributed by atoms with Crippen LogP contribution in [0.15, 0.2) is 47.1 Å². The molecule has 0 radical (unpaired) electrons. The Bertz CT molecular complexity index is 1150. The van der Waals surface area contributed by atoms with Gasteiger partial charge in [0, 0.05) is 0 Å². The van der Waals surface area contributed by atoms with Gasteiger partial charge in [0.2, 0.25) is 0 Å². The molecule has 0 saturated heterocycles. The molecule has 32 heavy (non-hydrogen) atoms. The molecule has 3 rings (SSSR count). The highest BCUT2D eigenvalue weighted by atomic mass is 32.1. The molecule has 0 spiro atoms. The molecule has 3 aromatic rings. The first-order valence-electron chi connectivity index (χ1n) is 9.58. The lowest BCUT2D eigenvalue weighted by Crippen LogP contribution is -2.27. The van der Waals surface area contributed by atoms with E-state index in [0.29, 0.717) is 15.4 Å². The number of carbonyl (C=O) groups excluding carboxylic acids is 3. The average molecular weight is 459 g/mol. The molecule has 0 aliphatic rings. The summed E-state index contributed by atoms with van der Waals surface area (Å²) >= 11 is 1.05. The van der Waals surface area contributed by atoms with Crippen molar-refractivity contribution in [3.05, 3.63) is 64.7 Å². The molecule has 0 atom stereocenters. The Morgan fingerprint density at radius 2 is 1.75 bits per heavy atom. The first-order valence-corrected chi connectivity index (χ1v) is 10.4. The van der Waals surface area contributed by atoms with Crippen LogP contribution in [0.4, 0.5) is 25.6 Å². The second kappa shape index (κ2) is 9.23. The van der Waals surface area contributed by atoms with Crippen LogP contribution in [0.3, 0.4) is 0 Å². The van der Waals surface area contributed by atoms with Gasteiger partial charge in [0.15, 0.2) is 5.76 Å². The normalized spacial score (nSPS) is 11.0. The highest BCUT2D eigenvalue weighted by Gasteiger charge is 2.20. The number of benzene rings is 1. The average Bonchev–Trinajstić information content (AvgIpc) is 3.32. The summed E-state index contributed by atoms with van der Waals surface area (Å²) in [4.78, 5) is 37.4. The number of hydrogen-bond donors (Lipinski definition) is 3. The van der Waals surface area contributed by atoms with E-state index in [2.05, 4.69) is 16.0 Å². The second-order valence-corrected chi connectivity index (χ2v) is 8.88. The largest absolute Gasteiger partial charge is 0.459 e. The zero-order chi connectivity index (χ0) is 23.5. The molecule has 8 nitrogen and oxygen atoms in total. The maximum Gasteiger partial charge on any atom is 0.412 e. The van der Waals surface area contributed by atoms with Crippen LogP contribution in [0.25, 0.3) is 0 Å². The number of ether oxygens (including phenoxy) is 1. The fourth-order valence-electron chi connectivity index (χ4n) is 2.67. The van der Waals surface area contributed by atoms with Crippen LogP contribution >= 0.6 is 11.3 Å². The Kier molecular flexibility index (Phi) is 6.64. The summed E-state index contributed by atoms with van der Waals surface area (Å²) in [6, 6.07) is 8.33. The number of aryl methyl sites for hydroxylation is 1. The number of hydrogen-bond acceptors (Lipinski definition) is 6. The number of rotatable bonds is 5. The SMILES string of the molecule is Cc1cc(NC(=O)c2ccco2)sc1C(=O)Nc1cc(F)ccc1NC(=O)OC(C)(C)C. The summed E-state index contributed by atoms with van der Waals surface area (Å²) in [5.74, 6) is -1.43. The molecule has 168 valence electrons. The summed E-state index contributed by atoms with van der Waals surface area (Å²) in [6.45, 7) is 6.84. The van der Waals surface area contributed by atoms with Crippen LogP contribution in [0.1, 0.15) is 46.6 Å². The van der Waals surface area contributed by atoms with E-state index in [9.17, 15) is 18.8 Å². The van der Waals surface area contributed by atoms with Crippen LogP contribution in [0, 0.1) is 12.7 Å². The number of nitrogens with one attached hydrogen (secondary N) is 3. The van der Waals surface area contributed by atoms with Gasteiger partial charge in [-0.2, -0.15) is 0 Å². The van der Waals surface area contributed by atoms with Crippen LogP contribution in [-0.4, -0.2) is 23.5 Å². The number of carbonyl (C=O) groups is 3. The van der Waals surface area contributed by atoms with Crippen molar-refractivity contribution in [2.75, 3.05) is 16.0 Å². The molecule has 0 aliphatic carbocycles. The number of halogens is 1. The van der Waals surface area contributed by atoms with Gasteiger partial charge in [0.1, 0.15) is 11.4 Å². The Hall–Kier alpha value is -3.66. The van der Waals surface area contributed by atoms with Gasteiger partial charge >= 0.3 is 6.09 Å². The number of anilines is 3. The lowest BCUT2D eigenvalue weighted by molar-refractivity contribution is 0.0635. The molecule has 0 aliphatic heterocycles. The van der Waals surface area contributed by atoms with Crippen molar-refractivity contribution in [2.45, 2.75) is 33.3 Å². The van der Waals surface area contributed by atoms with Crippen molar-refractivity contribution in [3.8, 4) is 0 Å². The van der Waals surface area contributed by atoms with E-state index in [1.807, 2.05) is 0 Å². The summed E-state index contributed by atoms with van der Waals surface area (Å²) in [5.41, 5.74) is 0.127. The highest BCUT2D eigenvalue weighted by Crippen LogP contribution is 2.30. The molecule has 0 bridgehead atoms. The monoisotopic (exact) mass is 459 g/mol. The maximum atomic E-state index is 13.8. The van der Waals surface area contributed by atoms with Crippen LogP contribution < -0.4 is 16.0 Å². The zero-order valence-corrected chi connectivity index (χ0v) is 18.7. The van der Waals surface area contributed by atoms with E-state index < -0.39 is 29.3 Å². The summed E-state index contributed by atoms with van der Waals surface area (Å²) in [6.07, 6.45) is 0.643. The molecule has 10 heteroatoms. The smallest absolute Gasteiger partial charge is 0.412 e. The van der Waals surface area contributed by atoms with Gasteiger partial charge in [-0.05, 0) is 69.7 Å². The third kappa shape index (κ3) is 5.94. The van der Waals surface area contributed by atoms with Crippen molar-refractivity contribution < 1.29 is 27.9 Å². The molecule has 2 heterocycles. The molecule has 0 fully saturated rings. The second-order valence-electron chi connectivity index (χ2n) is 7.83. The summed E-state index contributed by atoms with van der Waals surface area (Å²) < 4.78 is 24.1. The van der Waals surface area contributed by atoms with Gasteiger partial charge in [-0.25, -0.2) is 9.18 Å². The molecular weight excluding hydrogens is 437 g/mol. The zero-order valence-electron chi connectivity index (χ0n) is 17.9. The minimum absolute atomic E-state index is 0.0647. The molecule has 3 amide bonds. The van der Waals surface area contributed by atoms with Crippen molar-refractivity contribution in [2.24, 2.45) is 0 Å². The Morgan fingerprint density at radius 3 is 2.41 bits per heavy atom. The van der Waals surface area contributed by atoms with Crippen molar-refractivity contribution in [1.82, 2.24) is 0 Å². The van der Waals surface area contributed by atoms with Crippen molar-refractivity contribution in [1.29, 1.82) is 0 Å². The quantitative estimate of drug-likeness (QED) is 0.457. The van der Waals surface area contributed by atoms with Crippen LogP contribution in [-0.2, 0) is 4.74 Å². The Morgan fingerprint density at radius 1 is 1.00 bits per heavy atom. The van der Waals surface area contributed by atoms with Crippen molar-refractivity contribution in [3.63, 3.8) is 0 Å². The minimum atomic E-state index is -0.741. The van der Waals surface area contributed by atoms with E-state index in [0.717, 1.165) is 23.5 Å². The van der Waals surface area contributed by atoms with E-state index >= 15 is 0 Å². The first-order chi connectivity index (χ1) is 15.0. The Balaban J connectivity index is 1.76. The van der Waals surface area contributed by atoms with Gasteiger partial charge in [-0.15, -0.1) is 11.3 Å². The highest BCUT2D eigenvalue weighted by molar-refractivity contribution is 7.18. The predicted octanol–water partition coefficient (Wildman–Crippen LogP) is 5.64. The number of amides is 3. The van der Waals surface area contributed by atoms with Crippen LogP contribution in [0.2, 0.25) is 0 Å². The van der Waals surface area contributed by atoms with E-state index in [1.165, 1.54) is 18.4 Å². The lowest BCUT2D eigenvalue weighted by atomic mass is 10.2. The van der Waals surface area contributed by atoms with Gasteiger partial charge in [-0.3, -0.25) is 14.9 Å². The summed E-state index contributed by atoms with van der Waals surface area (Å²) in [5, 5.41) is 8.22. The third-order valence-corrected chi connectivity index (χ3v) is 5.12. The van der Waals surface area contributed by atoms with Crippen LogP contribution in [0.5, 0.6) is 0 Å². The van der Waals surface area contributed by atoms with E-state index in [4.69, 9.17) is 9.15 Å². The molecule has 0 unspecified atom stereocenters. The fraction of sp³-hybridized carbons (Fsp3) is 0.227. The molecule has 3 N–H and O–H groups in total. The number of furan rings is 1. The van der Waals surface area contributed by atoms with Crippen molar-refractivity contribution >= 4 is 45.6 Å². The van der Waals surface area contributed by atoms with Gasteiger partial charge in [0.05, 0.1) is 27.5 Å². The maximum absolute atomic E-state index is 13.8. The lowest BCUT2D eigenvalue weighted by Gasteiger charge is -2.20. The topological polar surface area (TPSA) is 110 Å². The molecule has 0 saturated carbocycles. The minimum Gasteiger partial charge on any atom is -0.459 e. The Labute approximate surface area is 187 Å². The van der Waals surface area contributed by atoms with E-state index in [-0.39, 0.29) is 17.1 Å².